The van der Waals surface area contributed by atoms with Crippen molar-refractivity contribution in [2.45, 2.75) is 12.8 Å². The summed E-state index contributed by atoms with van der Waals surface area (Å²) in [5, 5.41) is 8.33. The molecule has 0 radical (unpaired) electrons. The van der Waals surface area contributed by atoms with Crippen molar-refractivity contribution in [1.29, 1.82) is 0 Å². The van der Waals surface area contributed by atoms with Crippen molar-refractivity contribution < 1.29 is 14.4 Å². The fourth-order valence-electron chi connectivity index (χ4n) is 2.47. The minimum atomic E-state index is -0.249. The van der Waals surface area contributed by atoms with Crippen LogP contribution in [0.4, 0.5) is 5.69 Å². The van der Waals surface area contributed by atoms with Gasteiger partial charge in [0.25, 0.3) is 11.8 Å². The van der Waals surface area contributed by atoms with Crippen LogP contribution in [0.1, 0.15) is 33.6 Å². The van der Waals surface area contributed by atoms with E-state index in [4.69, 9.17) is 0 Å². The summed E-state index contributed by atoms with van der Waals surface area (Å²) < 4.78 is 0. The number of hydrogen-bond donors (Lipinski definition) is 3. The lowest BCUT2D eigenvalue weighted by molar-refractivity contribution is -0.117. The Morgan fingerprint density at radius 3 is 2.08 bits per heavy atom. The molecule has 134 valence electrons. The zero-order valence-electron chi connectivity index (χ0n) is 14.3. The van der Waals surface area contributed by atoms with Crippen LogP contribution in [0.2, 0.25) is 0 Å². The molecular weight excluding hydrogens is 330 g/mol. The number of anilines is 1. The second-order valence-electron chi connectivity index (χ2n) is 6.22. The van der Waals surface area contributed by atoms with Crippen molar-refractivity contribution >= 4 is 23.4 Å². The Morgan fingerprint density at radius 1 is 0.808 bits per heavy atom. The Bertz CT molecular complexity index is 801. The summed E-state index contributed by atoms with van der Waals surface area (Å²) in [6.07, 6.45) is 1.86. The molecular formula is C20H21N3O3. The van der Waals surface area contributed by atoms with E-state index < -0.39 is 0 Å². The molecule has 0 aromatic heterocycles. The first-order chi connectivity index (χ1) is 12.6. The van der Waals surface area contributed by atoms with Crippen LogP contribution in [-0.4, -0.2) is 30.8 Å². The molecule has 3 amide bonds. The third-order valence-corrected chi connectivity index (χ3v) is 4.07. The largest absolute Gasteiger partial charge is 0.350 e. The standard InChI is InChI=1S/C20H21N3O3/c24-18(14-5-2-1-3-6-14)21-11-12-22-19(25)16-7-4-8-17(13-16)23-20(26)15-9-10-15/h1-8,13,15H,9-12H2,(H,21,24)(H,22,25)(H,23,26). The lowest BCUT2D eigenvalue weighted by Gasteiger charge is -2.09. The number of rotatable bonds is 7. The van der Waals surface area contributed by atoms with Gasteiger partial charge in [-0.3, -0.25) is 14.4 Å². The lowest BCUT2D eigenvalue weighted by Crippen LogP contribution is -2.34. The van der Waals surface area contributed by atoms with Crippen molar-refractivity contribution in [3.05, 3.63) is 65.7 Å². The van der Waals surface area contributed by atoms with Gasteiger partial charge in [-0.15, -0.1) is 0 Å². The number of carbonyl (C=O) groups is 3. The van der Waals surface area contributed by atoms with Gasteiger partial charge in [-0.2, -0.15) is 0 Å². The maximum Gasteiger partial charge on any atom is 0.251 e. The average molecular weight is 351 g/mol. The SMILES string of the molecule is O=C(NCCNC(=O)c1cccc(NC(=O)C2CC2)c1)c1ccccc1. The predicted molar refractivity (Wildman–Crippen MR) is 98.9 cm³/mol. The Kier molecular flexibility index (Phi) is 5.63. The Morgan fingerprint density at radius 2 is 1.42 bits per heavy atom. The molecule has 26 heavy (non-hydrogen) atoms. The van der Waals surface area contributed by atoms with Gasteiger partial charge in [-0.25, -0.2) is 0 Å². The summed E-state index contributed by atoms with van der Waals surface area (Å²) in [7, 11) is 0. The molecule has 3 N–H and O–H groups in total. The van der Waals surface area contributed by atoms with Gasteiger partial charge in [-0.05, 0) is 43.2 Å². The molecule has 1 aliphatic carbocycles. The summed E-state index contributed by atoms with van der Waals surface area (Å²) in [6.45, 7) is 0.646. The highest BCUT2D eigenvalue weighted by molar-refractivity contribution is 5.98. The highest BCUT2D eigenvalue weighted by Crippen LogP contribution is 2.30. The van der Waals surface area contributed by atoms with Gasteiger partial charge in [-0.1, -0.05) is 24.3 Å². The molecule has 0 unspecified atom stereocenters. The molecule has 0 atom stereocenters. The first-order valence-corrected chi connectivity index (χ1v) is 8.66. The summed E-state index contributed by atoms with van der Waals surface area (Å²) in [5.41, 5.74) is 1.66. The quantitative estimate of drug-likeness (QED) is 0.668. The highest BCUT2D eigenvalue weighted by Gasteiger charge is 2.29. The number of carbonyl (C=O) groups excluding carboxylic acids is 3. The Balaban J connectivity index is 1.44. The van der Waals surface area contributed by atoms with Crippen molar-refractivity contribution in [2.24, 2.45) is 5.92 Å². The fourth-order valence-corrected chi connectivity index (χ4v) is 2.47. The maximum atomic E-state index is 12.2. The molecule has 1 fully saturated rings. The normalized spacial score (nSPS) is 12.9. The van der Waals surface area contributed by atoms with E-state index in [0.29, 0.717) is 29.9 Å². The molecule has 6 nitrogen and oxygen atoms in total. The molecule has 0 aliphatic heterocycles. The molecule has 2 aromatic carbocycles. The van der Waals surface area contributed by atoms with Crippen LogP contribution in [0.15, 0.2) is 54.6 Å². The van der Waals surface area contributed by atoms with Crippen LogP contribution in [0.25, 0.3) is 0 Å². The topological polar surface area (TPSA) is 87.3 Å². The van der Waals surface area contributed by atoms with Gasteiger partial charge < -0.3 is 16.0 Å². The van der Waals surface area contributed by atoms with Gasteiger partial charge in [0.15, 0.2) is 0 Å². The number of nitrogens with one attached hydrogen (secondary N) is 3. The molecule has 6 heteroatoms. The minimum Gasteiger partial charge on any atom is -0.350 e. The van der Waals surface area contributed by atoms with Crippen molar-refractivity contribution in [3.63, 3.8) is 0 Å². The van der Waals surface area contributed by atoms with E-state index in [1.807, 2.05) is 6.07 Å². The van der Waals surface area contributed by atoms with Gasteiger partial charge in [0, 0.05) is 35.8 Å². The number of amides is 3. The summed E-state index contributed by atoms with van der Waals surface area (Å²) in [4.78, 5) is 35.9. The van der Waals surface area contributed by atoms with Crippen molar-refractivity contribution in [3.8, 4) is 0 Å². The van der Waals surface area contributed by atoms with Crippen LogP contribution < -0.4 is 16.0 Å². The second kappa shape index (κ2) is 8.29. The first kappa shape index (κ1) is 17.7. The van der Waals surface area contributed by atoms with E-state index in [9.17, 15) is 14.4 Å². The third-order valence-electron chi connectivity index (χ3n) is 4.07. The number of hydrogen-bond acceptors (Lipinski definition) is 3. The van der Waals surface area contributed by atoms with Gasteiger partial charge >= 0.3 is 0 Å². The maximum absolute atomic E-state index is 12.2. The van der Waals surface area contributed by atoms with Crippen LogP contribution >= 0.6 is 0 Å². The Labute approximate surface area is 152 Å². The molecule has 1 saturated carbocycles. The summed E-state index contributed by atoms with van der Waals surface area (Å²) in [5.74, 6) is -0.307. The molecule has 0 spiro atoms. The van der Waals surface area contributed by atoms with Crippen LogP contribution in [0, 0.1) is 5.92 Å². The first-order valence-electron chi connectivity index (χ1n) is 8.66. The van der Waals surface area contributed by atoms with E-state index in [0.717, 1.165) is 12.8 Å². The lowest BCUT2D eigenvalue weighted by atomic mass is 10.2. The summed E-state index contributed by atoms with van der Waals surface area (Å²) >= 11 is 0. The Hall–Kier alpha value is -3.15. The highest BCUT2D eigenvalue weighted by atomic mass is 16.2. The van der Waals surface area contributed by atoms with Gasteiger partial charge in [0.05, 0.1) is 0 Å². The molecule has 1 aliphatic rings. The monoisotopic (exact) mass is 351 g/mol. The van der Waals surface area contributed by atoms with E-state index in [2.05, 4.69) is 16.0 Å². The van der Waals surface area contributed by atoms with Crippen LogP contribution in [0.3, 0.4) is 0 Å². The van der Waals surface area contributed by atoms with Crippen LogP contribution in [0.5, 0.6) is 0 Å². The van der Waals surface area contributed by atoms with E-state index in [-0.39, 0.29) is 23.6 Å². The van der Waals surface area contributed by atoms with Crippen LogP contribution in [-0.2, 0) is 4.79 Å². The van der Waals surface area contributed by atoms with E-state index >= 15 is 0 Å². The molecule has 2 aromatic rings. The van der Waals surface area contributed by atoms with E-state index in [1.54, 1.807) is 48.5 Å². The van der Waals surface area contributed by atoms with Gasteiger partial charge in [0.2, 0.25) is 5.91 Å². The molecule has 0 bridgehead atoms. The van der Waals surface area contributed by atoms with E-state index in [1.165, 1.54) is 0 Å². The van der Waals surface area contributed by atoms with Crippen molar-refractivity contribution in [2.75, 3.05) is 18.4 Å². The molecule has 0 heterocycles. The molecule has 3 rings (SSSR count). The van der Waals surface area contributed by atoms with Crippen molar-refractivity contribution in [1.82, 2.24) is 10.6 Å². The summed E-state index contributed by atoms with van der Waals surface area (Å²) in [6, 6.07) is 15.7. The second-order valence-corrected chi connectivity index (χ2v) is 6.22. The zero-order chi connectivity index (χ0) is 18.4. The number of benzene rings is 2. The molecule has 0 saturated heterocycles. The fraction of sp³-hybridized carbons (Fsp3) is 0.250. The van der Waals surface area contributed by atoms with Gasteiger partial charge in [0.1, 0.15) is 0 Å². The smallest absolute Gasteiger partial charge is 0.251 e. The predicted octanol–water partition coefficient (Wildman–Crippen LogP) is 2.19. The third kappa shape index (κ3) is 4.92. The zero-order valence-corrected chi connectivity index (χ0v) is 14.3. The minimum absolute atomic E-state index is 0.00572. The average Bonchev–Trinajstić information content (AvgIpc) is 3.51.